The Labute approximate surface area is 184 Å². The number of carbonyl (C=O) groups excluding carboxylic acids is 1. The molecule has 0 saturated heterocycles. The average molecular weight is 450 g/mol. The molecule has 2 aromatic heterocycles. The van der Waals surface area contributed by atoms with Gasteiger partial charge in [0.1, 0.15) is 17.5 Å². The third-order valence-electron chi connectivity index (χ3n) is 4.12. The Morgan fingerprint density at radius 2 is 1.83 bits per heavy atom. The van der Waals surface area contributed by atoms with Crippen molar-refractivity contribution in [1.82, 2.24) is 14.5 Å². The zero-order valence-electron chi connectivity index (χ0n) is 16.4. The number of hydrogen-bond donors (Lipinski definition) is 0. The molecule has 5 nitrogen and oxygen atoms in total. The van der Waals surface area contributed by atoms with E-state index in [9.17, 15) is 4.79 Å². The van der Waals surface area contributed by atoms with Crippen LogP contribution in [-0.4, -0.2) is 20.5 Å². The highest BCUT2D eigenvalue weighted by atomic mass is 35.5. The molecule has 3 aromatic rings. The first-order chi connectivity index (χ1) is 13.8. The van der Waals surface area contributed by atoms with Gasteiger partial charge < -0.3 is 9.30 Å². The first-order valence-corrected chi connectivity index (χ1v) is 10.7. The molecule has 152 valence electrons. The molecule has 3 rings (SSSR count). The molecular weight excluding hydrogens is 429 g/mol. The number of esters is 1. The molecule has 2 heterocycles. The van der Waals surface area contributed by atoms with E-state index in [0.29, 0.717) is 22.4 Å². The lowest BCUT2D eigenvalue weighted by Crippen LogP contribution is -2.10. The predicted molar refractivity (Wildman–Crippen MR) is 116 cm³/mol. The van der Waals surface area contributed by atoms with Gasteiger partial charge in [0, 0.05) is 34.3 Å². The molecule has 0 unspecified atom stereocenters. The summed E-state index contributed by atoms with van der Waals surface area (Å²) >= 11 is 13.9. The zero-order chi connectivity index (χ0) is 21.0. The highest BCUT2D eigenvalue weighted by Crippen LogP contribution is 2.37. The fourth-order valence-corrected chi connectivity index (χ4v) is 4.71. The summed E-state index contributed by atoms with van der Waals surface area (Å²) in [4.78, 5) is 21.2. The lowest BCUT2D eigenvalue weighted by Gasteiger charge is -2.14. The maximum absolute atomic E-state index is 11.4. The summed E-state index contributed by atoms with van der Waals surface area (Å²) in [5.74, 6) is 0.531. The number of rotatable bonds is 7. The highest BCUT2D eigenvalue weighted by molar-refractivity contribution is 7.99. The standard InChI is InChI=1S/C21H21Cl2N3O2S/c1-13(2)20-21(29-18-9-16(22)8-17(23)10-18)26(11-15-4-6-24-7-5-15)19(25-20)12-28-14(3)27/h4-10,13H,11-12H2,1-3H3. The minimum absolute atomic E-state index is 0.108. The lowest BCUT2D eigenvalue weighted by atomic mass is 10.1. The fourth-order valence-electron chi connectivity index (χ4n) is 2.80. The van der Waals surface area contributed by atoms with E-state index in [1.54, 1.807) is 30.2 Å². The van der Waals surface area contributed by atoms with Gasteiger partial charge in [-0.25, -0.2) is 4.98 Å². The first-order valence-electron chi connectivity index (χ1n) is 9.09. The van der Waals surface area contributed by atoms with Crippen LogP contribution in [0.5, 0.6) is 0 Å². The summed E-state index contributed by atoms with van der Waals surface area (Å²) in [5.41, 5.74) is 2.00. The van der Waals surface area contributed by atoms with Crippen LogP contribution in [-0.2, 0) is 22.7 Å². The van der Waals surface area contributed by atoms with E-state index >= 15 is 0 Å². The van der Waals surface area contributed by atoms with Gasteiger partial charge in [-0.2, -0.15) is 0 Å². The molecule has 0 fully saturated rings. The van der Waals surface area contributed by atoms with Crippen LogP contribution in [0.4, 0.5) is 0 Å². The van der Waals surface area contributed by atoms with Crippen LogP contribution in [0.3, 0.4) is 0 Å². The molecule has 0 saturated carbocycles. The summed E-state index contributed by atoms with van der Waals surface area (Å²) in [6, 6.07) is 9.36. The van der Waals surface area contributed by atoms with Crippen LogP contribution in [0.2, 0.25) is 10.0 Å². The van der Waals surface area contributed by atoms with E-state index in [0.717, 1.165) is 21.2 Å². The van der Waals surface area contributed by atoms with E-state index in [1.165, 1.54) is 6.92 Å². The summed E-state index contributed by atoms with van der Waals surface area (Å²) in [6.45, 7) is 6.25. The molecule has 1 aromatic carbocycles. The molecule has 0 aliphatic carbocycles. The summed E-state index contributed by atoms with van der Waals surface area (Å²) in [6.07, 6.45) is 3.51. The third-order valence-corrected chi connectivity index (χ3v) is 5.65. The van der Waals surface area contributed by atoms with E-state index in [1.807, 2.05) is 24.3 Å². The number of aromatic nitrogens is 3. The molecule has 0 amide bonds. The maximum Gasteiger partial charge on any atom is 0.303 e. The van der Waals surface area contributed by atoms with Gasteiger partial charge in [-0.15, -0.1) is 0 Å². The quantitative estimate of drug-likeness (QED) is 0.415. The smallest absolute Gasteiger partial charge is 0.303 e. The number of halogens is 2. The van der Waals surface area contributed by atoms with Gasteiger partial charge in [-0.3, -0.25) is 9.78 Å². The Bertz CT molecular complexity index is 986. The van der Waals surface area contributed by atoms with Gasteiger partial charge in [0.05, 0.1) is 12.2 Å². The molecule has 0 N–H and O–H groups in total. The minimum Gasteiger partial charge on any atom is -0.458 e. The fraction of sp³-hybridized carbons (Fsp3) is 0.286. The average Bonchev–Trinajstić information content (AvgIpc) is 2.97. The number of benzene rings is 1. The Kier molecular flexibility index (Phi) is 7.22. The molecule has 0 aliphatic rings. The van der Waals surface area contributed by atoms with Crippen molar-refractivity contribution < 1.29 is 9.53 Å². The largest absolute Gasteiger partial charge is 0.458 e. The number of imidazole rings is 1. The van der Waals surface area contributed by atoms with Gasteiger partial charge in [0.15, 0.2) is 0 Å². The Morgan fingerprint density at radius 3 is 2.41 bits per heavy atom. The van der Waals surface area contributed by atoms with Gasteiger partial charge >= 0.3 is 5.97 Å². The van der Waals surface area contributed by atoms with Crippen LogP contribution < -0.4 is 0 Å². The number of ether oxygens (including phenoxy) is 1. The normalized spacial score (nSPS) is 11.1. The van der Waals surface area contributed by atoms with Crippen LogP contribution >= 0.6 is 35.0 Å². The van der Waals surface area contributed by atoms with E-state index in [4.69, 9.17) is 32.9 Å². The third kappa shape index (κ3) is 5.75. The summed E-state index contributed by atoms with van der Waals surface area (Å²) in [7, 11) is 0. The van der Waals surface area contributed by atoms with Gasteiger partial charge in [0.2, 0.25) is 0 Å². The number of pyridine rings is 1. The molecule has 29 heavy (non-hydrogen) atoms. The van der Waals surface area contributed by atoms with Crippen molar-refractivity contribution in [3.05, 3.63) is 69.9 Å². The monoisotopic (exact) mass is 449 g/mol. The number of hydrogen-bond acceptors (Lipinski definition) is 5. The van der Waals surface area contributed by atoms with Crippen molar-refractivity contribution in [2.45, 2.75) is 49.8 Å². The lowest BCUT2D eigenvalue weighted by molar-refractivity contribution is -0.142. The Balaban J connectivity index is 2.08. The topological polar surface area (TPSA) is 57.0 Å². The molecule has 0 spiro atoms. The van der Waals surface area contributed by atoms with Crippen molar-refractivity contribution in [2.24, 2.45) is 0 Å². The van der Waals surface area contributed by atoms with Gasteiger partial charge in [-0.05, 0) is 41.8 Å². The van der Waals surface area contributed by atoms with Crippen LogP contribution in [0.25, 0.3) is 0 Å². The van der Waals surface area contributed by atoms with Crippen molar-refractivity contribution in [3.63, 3.8) is 0 Å². The molecular formula is C21H21Cl2N3O2S. The summed E-state index contributed by atoms with van der Waals surface area (Å²) < 4.78 is 7.33. The second-order valence-electron chi connectivity index (χ2n) is 6.80. The number of carbonyl (C=O) groups is 1. The highest BCUT2D eigenvalue weighted by Gasteiger charge is 2.21. The van der Waals surface area contributed by atoms with Crippen molar-refractivity contribution in [2.75, 3.05) is 0 Å². The Morgan fingerprint density at radius 1 is 1.17 bits per heavy atom. The van der Waals surface area contributed by atoms with Crippen molar-refractivity contribution in [1.29, 1.82) is 0 Å². The van der Waals surface area contributed by atoms with Crippen LogP contribution in [0.1, 0.15) is 43.8 Å². The maximum atomic E-state index is 11.4. The molecule has 8 heteroatoms. The second-order valence-corrected chi connectivity index (χ2v) is 8.74. The number of nitrogens with zero attached hydrogens (tertiary/aromatic N) is 3. The zero-order valence-corrected chi connectivity index (χ0v) is 18.7. The first kappa shape index (κ1) is 21.7. The van der Waals surface area contributed by atoms with Gasteiger partial charge in [-0.1, -0.05) is 48.8 Å². The van der Waals surface area contributed by atoms with E-state index < -0.39 is 0 Å². The van der Waals surface area contributed by atoms with Crippen LogP contribution in [0.15, 0.2) is 52.6 Å². The van der Waals surface area contributed by atoms with Crippen molar-refractivity contribution >= 4 is 40.9 Å². The second kappa shape index (κ2) is 9.65. The predicted octanol–water partition coefficient (Wildman–Crippen LogP) is 5.97. The van der Waals surface area contributed by atoms with Gasteiger partial charge in [0.25, 0.3) is 0 Å². The summed E-state index contributed by atoms with van der Waals surface area (Å²) in [5, 5.41) is 2.12. The Hall–Kier alpha value is -2.02. The van der Waals surface area contributed by atoms with Crippen LogP contribution in [0, 0.1) is 0 Å². The molecule has 0 bridgehead atoms. The minimum atomic E-state index is -0.342. The van der Waals surface area contributed by atoms with Crippen molar-refractivity contribution in [3.8, 4) is 0 Å². The molecule has 0 atom stereocenters. The SMILES string of the molecule is CC(=O)OCc1nc(C(C)C)c(Sc2cc(Cl)cc(Cl)c2)n1Cc1ccncc1. The molecule has 0 aliphatic heterocycles. The van der Waals surface area contributed by atoms with E-state index in [-0.39, 0.29) is 18.5 Å². The van der Waals surface area contributed by atoms with E-state index in [2.05, 4.69) is 23.4 Å². The molecule has 0 radical (unpaired) electrons.